The van der Waals surface area contributed by atoms with E-state index in [0.717, 1.165) is 0 Å². The fraction of sp³-hybridized carbons (Fsp3) is 0.111. The van der Waals surface area contributed by atoms with Crippen LogP contribution in [-0.2, 0) is 0 Å². The Bertz CT molecular complexity index is 553. The molecule has 0 amide bonds. The summed E-state index contributed by atoms with van der Waals surface area (Å²) in [6.45, 7) is 1.64. The van der Waals surface area contributed by atoms with E-state index in [9.17, 15) is 10.1 Å². The first-order valence-corrected chi connectivity index (χ1v) is 4.70. The number of halogens is 1. The Morgan fingerprint density at radius 2 is 2.25 bits per heavy atom. The summed E-state index contributed by atoms with van der Waals surface area (Å²) in [5, 5.41) is 14.4. The number of nitrogens with zero attached hydrogens (tertiary/aromatic N) is 3. The highest BCUT2D eigenvalue weighted by molar-refractivity contribution is 6.32. The van der Waals surface area contributed by atoms with Gasteiger partial charge in [0.25, 0.3) is 5.69 Å². The van der Waals surface area contributed by atoms with Crippen molar-refractivity contribution in [2.45, 2.75) is 6.92 Å². The van der Waals surface area contributed by atoms with Crippen LogP contribution in [0.2, 0.25) is 5.02 Å². The summed E-state index contributed by atoms with van der Waals surface area (Å²) in [5.41, 5.74) is 0.314. The summed E-state index contributed by atoms with van der Waals surface area (Å²) < 4.78 is 4.79. The lowest BCUT2D eigenvalue weighted by Gasteiger charge is -1.97. The van der Waals surface area contributed by atoms with Crippen molar-refractivity contribution in [2.24, 2.45) is 0 Å². The molecule has 0 aliphatic rings. The zero-order chi connectivity index (χ0) is 11.7. The predicted molar refractivity (Wildman–Crippen MR) is 56.1 cm³/mol. The van der Waals surface area contributed by atoms with Crippen molar-refractivity contribution in [3.8, 4) is 11.4 Å². The molecule has 1 heterocycles. The van der Waals surface area contributed by atoms with E-state index in [1.165, 1.54) is 12.1 Å². The van der Waals surface area contributed by atoms with Crippen LogP contribution in [0.1, 0.15) is 5.89 Å². The largest absolute Gasteiger partial charge is 0.339 e. The van der Waals surface area contributed by atoms with E-state index in [1.54, 1.807) is 13.0 Å². The van der Waals surface area contributed by atoms with E-state index in [1.807, 2.05) is 0 Å². The molecule has 2 aromatic rings. The molecule has 0 spiro atoms. The number of hydrogen-bond donors (Lipinski definition) is 0. The summed E-state index contributed by atoms with van der Waals surface area (Å²) >= 11 is 5.68. The van der Waals surface area contributed by atoms with E-state index >= 15 is 0 Å². The second-order valence-corrected chi connectivity index (χ2v) is 3.47. The molecule has 0 unspecified atom stereocenters. The third kappa shape index (κ3) is 1.87. The molecule has 82 valence electrons. The van der Waals surface area contributed by atoms with Gasteiger partial charge in [0.15, 0.2) is 0 Å². The fourth-order valence-corrected chi connectivity index (χ4v) is 1.39. The average molecular weight is 240 g/mol. The molecule has 6 nitrogen and oxygen atoms in total. The number of hydrogen-bond acceptors (Lipinski definition) is 5. The van der Waals surface area contributed by atoms with Gasteiger partial charge in [-0.05, 0) is 12.1 Å². The third-order valence-electron chi connectivity index (χ3n) is 1.93. The molecule has 0 aliphatic carbocycles. The first kappa shape index (κ1) is 10.6. The van der Waals surface area contributed by atoms with Crippen LogP contribution in [0.5, 0.6) is 0 Å². The van der Waals surface area contributed by atoms with Crippen molar-refractivity contribution in [1.82, 2.24) is 10.1 Å². The lowest BCUT2D eigenvalue weighted by Crippen LogP contribution is -1.90. The van der Waals surface area contributed by atoms with Gasteiger partial charge in [-0.25, -0.2) is 0 Å². The van der Waals surface area contributed by atoms with Crippen LogP contribution < -0.4 is 0 Å². The topological polar surface area (TPSA) is 82.1 Å². The van der Waals surface area contributed by atoms with Crippen LogP contribution >= 0.6 is 11.6 Å². The fourth-order valence-electron chi connectivity index (χ4n) is 1.21. The lowest BCUT2D eigenvalue weighted by molar-refractivity contribution is -0.384. The van der Waals surface area contributed by atoms with Crippen molar-refractivity contribution >= 4 is 17.3 Å². The van der Waals surface area contributed by atoms with Crippen LogP contribution in [0.4, 0.5) is 5.69 Å². The summed E-state index contributed by atoms with van der Waals surface area (Å²) in [6, 6.07) is 4.34. The van der Waals surface area contributed by atoms with Gasteiger partial charge in [0.05, 0.1) is 4.92 Å². The quantitative estimate of drug-likeness (QED) is 0.594. The maximum atomic E-state index is 10.7. The van der Waals surface area contributed by atoms with Crippen LogP contribution in [0.15, 0.2) is 22.7 Å². The summed E-state index contributed by atoms with van der Waals surface area (Å²) in [6.07, 6.45) is 0. The number of nitro groups is 1. The zero-order valence-electron chi connectivity index (χ0n) is 8.18. The Morgan fingerprint density at radius 1 is 1.50 bits per heavy atom. The zero-order valence-corrected chi connectivity index (χ0v) is 8.93. The molecule has 0 fully saturated rings. The van der Waals surface area contributed by atoms with Crippen LogP contribution in [0.3, 0.4) is 0 Å². The molecule has 7 heteroatoms. The van der Waals surface area contributed by atoms with Crippen molar-refractivity contribution in [3.05, 3.63) is 39.2 Å². The normalized spacial score (nSPS) is 10.4. The monoisotopic (exact) mass is 239 g/mol. The van der Waals surface area contributed by atoms with Crippen LogP contribution in [0, 0.1) is 17.0 Å². The highest BCUT2D eigenvalue weighted by atomic mass is 35.5. The molecule has 0 saturated carbocycles. The van der Waals surface area contributed by atoms with Crippen molar-refractivity contribution in [2.75, 3.05) is 0 Å². The minimum absolute atomic E-state index is 0.0777. The van der Waals surface area contributed by atoms with E-state index in [2.05, 4.69) is 10.1 Å². The molecule has 16 heavy (non-hydrogen) atoms. The standard InChI is InChI=1S/C9H6ClN3O3/c1-5-11-9(12-16-5)6-2-3-7(10)8(4-6)13(14)15/h2-4H,1H3. The van der Waals surface area contributed by atoms with Gasteiger partial charge < -0.3 is 4.52 Å². The molecule has 0 N–H and O–H groups in total. The first-order valence-electron chi connectivity index (χ1n) is 4.32. The lowest BCUT2D eigenvalue weighted by atomic mass is 10.2. The number of nitro benzene ring substituents is 1. The molecule has 1 aromatic heterocycles. The van der Waals surface area contributed by atoms with Gasteiger partial charge in [-0.3, -0.25) is 10.1 Å². The van der Waals surface area contributed by atoms with Gasteiger partial charge in [0.1, 0.15) is 5.02 Å². The maximum absolute atomic E-state index is 10.7. The van der Waals surface area contributed by atoms with E-state index in [-0.39, 0.29) is 10.7 Å². The Hall–Kier alpha value is -1.95. The van der Waals surface area contributed by atoms with Gasteiger partial charge >= 0.3 is 0 Å². The van der Waals surface area contributed by atoms with Crippen LogP contribution in [-0.4, -0.2) is 15.1 Å². The minimum Gasteiger partial charge on any atom is -0.339 e. The number of aryl methyl sites for hydroxylation is 1. The molecule has 2 rings (SSSR count). The van der Waals surface area contributed by atoms with E-state index < -0.39 is 4.92 Å². The first-order chi connectivity index (χ1) is 7.58. The van der Waals surface area contributed by atoms with Gasteiger partial charge in [-0.2, -0.15) is 4.98 Å². The number of benzene rings is 1. The predicted octanol–water partition coefficient (Wildman–Crippen LogP) is 2.61. The molecule has 0 atom stereocenters. The van der Waals surface area contributed by atoms with Gasteiger partial charge in [0, 0.05) is 18.6 Å². The molecule has 1 aromatic carbocycles. The Labute approximate surface area is 95.0 Å². The summed E-state index contributed by atoms with van der Waals surface area (Å²) in [5.74, 6) is 0.699. The van der Waals surface area contributed by atoms with Gasteiger partial charge in [-0.1, -0.05) is 16.8 Å². The van der Waals surface area contributed by atoms with E-state index in [0.29, 0.717) is 17.3 Å². The number of rotatable bonds is 2. The average Bonchev–Trinajstić information content (AvgIpc) is 2.65. The third-order valence-corrected chi connectivity index (χ3v) is 2.25. The molecule has 0 radical (unpaired) electrons. The van der Waals surface area contributed by atoms with E-state index in [4.69, 9.17) is 16.1 Å². The second kappa shape index (κ2) is 3.90. The molecule has 0 aliphatic heterocycles. The van der Waals surface area contributed by atoms with Crippen molar-refractivity contribution in [3.63, 3.8) is 0 Å². The number of aromatic nitrogens is 2. The highest BCUT2D eigenvalue weighted by Gasteiger charge is 2.15. The van der Waals surface area contributed by atoms with Crippen molar-refractivity contribution < 1.29 is 9.45 Å². The molecular formula is C9H6ClN3O3. The maximum Gasteiger partial charge on any atom is 0.288 e. The van der Waals surface area contributed by atoms with Gasteiger partial charge in [0.2, 0.25) is 11.7 Å². The Balaban J connectivity index is 2.51. The minimum atomic E-state index is -0.557. The smallest absolute Gasteiger partial charge is 0.288 e. The SMILES string of the molecule is Cc1nc(-c2ccc(Cl)c([N+](=O)[O-])c2)no1. The van der Waals surface area contributed by atoms with Crippen molar-refractivity contribution in [1.29, 1.82) is 0 Å². The highest BCUT2D eigenvalue weighted by Crippen LogP contribution is 2.28. The Kier molecular flexibility index (Phi) is 2.57. The van der Waals surface area contributed by atoms with Gasteiger partial charge in [-0.15, -0.1) is 0 Å². The Morgan fingerprint density at radius 3 is 2.81 bits per heavy atom. The molecular weight excluding hydrogens is 234 g/mol. The van der Waals surface area contributed by atoms with Crippen LogP contribution in [0.25, 0.3) is 11.4 Å². The molecule has 0 saturated heterocycles. The second-order valence-electron chi connectivity index (χ2n) is 3.06. The summed E-state index contributed by atoms with van der Waals surface area (Å²) in [7, 11) is 0. The summed E-state index contributed by atoms with van der Waals surface area (Å²) in [4.78, 5) is 14.1. The molecule has 0 bridgehead atoms.